The molecule has 100 valence electrons. The van der Waals surface area contributed by atoms with E-state index >= 15 is 0 Å². The van der Waals surface area contributed by atoms with Gasteiger partial charge in [0.25, 0.3) is 0 Å². The molecule has 0 aliphatic carbocycles. The average Bonchev–Trinajstić information content (AvgIpc) is 2.24. The molecular weight excluding hydrogens is 254 g/mol. The zero-order valence-electron chi connectivity index (χ0n) is 10.7. The first-order valence-electron chi connectivity index (χ1n) is 5.85. The molecule has 1 fully saturated rings. The molecule has 0 spiro atoms. The van der Waals surface area contributed by atoms with Crippen LogP contribution >= 0.6 is 11.8 Å². The third kappa shape index (κ3) is 2.40. The Labute approximate surface area is 110 Å². The van der Waals surface area contributed by atoms with Crippen LogP contribution in [0.3, 0.4) is 0 Å². The van der Waals surface area contributed by atoms with Gasteiger partial charge >= 0.3 is 5.97 Å². The summed E-state index contributed by atoms with van der Waals surface area (Å²) in [6, 6.07) is 0.0697. The van der Waals surface area contributed by atoms with Crippen molar-refractivity contribution >= 4 is 23.6 Å². The number of fused-ring (bicyclic) bond motifs is 1. The van der Waals surface area contributed by atoms with E-state index in [1.54, 1.807) is 20.8 Å². The molecule has 0 aromatic carbocycles. The highest BCUT2D eigenvalue weighted by Crippen LogP contribution is 2.39. The Hall–Kier alpha value is -1.01. The summed E-state index contributed by atoms with van der Waals surface area (Å²) in [6.07, 6.45) is 0.470. The lowest BCUT2D eigenvalue weighted by Crippen LogP contribution is -2.57. The minimum absolute atomic E-state index is 0.0697. The fraction of sp³-hybridized carbons (Fsp3) is 0.667. The van der Waals surface area contributed by atoms with Crippen LogP contribution in [0.25, 0.3) is 0 Å². The number of ether oxygens (including phenoxy) is 1. The van der Waals surface area contributed by atoms with Crippen molar-refractivity contribution in [3.63, 3.8) is 0 Å². The first-order valence-corrected chi connectivity index (χ1v) is 6.84. The van der Waals surface area contributed by atoms with Gasteiger partial charge < -0.3 is 14.7 Å². The first kappa shape index (κ1) is 13.4. The molecule has 6 heteroatoms. The summed E-state index contributed by atoms with van der Waals surface area (Å²) in [5, 5.41) is 9.30. The number of nitrogens with zero attached hydrogens (tertiary/aromatic N) is 1. The molecule has 2 aliphatic rings. The number of carbonyl (C=O) groups excluding carboxylic acids is 2. The lowest BCUT2D eigenvalue weighted by atomic mass is 10.0. The third-order valence-corrected chi connectivity index (χ3v) is 3.96. The third-order valence-electron chi connectivity index (χ3n) is 2.73. The zero-order valence-corrected chi connectivity index (χ0v) is 11.5. The highest BCUT2D eigenvalue weighted by atomic mass is 32.2. The molecule has 1 atom stereocenters. The molecule has 1 amide bonds. The van der Waals surface area contributed by atoms with Gasteiger partial charge in [-0.25, -0.2) is 4.79 Å². The van der Waals surface area contributed by atoms with E-state index in [-0.39, 0.29) is 24.3 Å². The predicted octanol–water partition coefficient (Wildman–Crippen LogP) is 0.880. The molecule has 18 heavy (non-hydrogen) atoms. The van der Waals surface area contributed by atoms with Gasteiger partial charge in [-0.2, -0.15) is 0 Å². The van der Waals surface area contributed by atoms with Crippen LogP contribution in [0.1, 0.15) is 27.2 Å². The Morgan fingerprint density at radius 2 is 2.22 bits per heavy atom. The smallest absolute Gasteiger partial charge is 0.356 e. The second kappa shape index (κ2) is 4.59. The quantitative estimate of drug-likeness (QED) is 0.596. The largest absolute Gasteiger partial charge is 0.455 e. The standard InChI is InChI=1S/C12H17NO4S/c1-12(2,3)17-11(16)10-8(5-14)18-6-7-4-9(15)13(7)10/h7,14H,4-6H2,1-3H3. The molecule has 2 heterocycles. The maximum Gasteiger partial charge on any atom is 0.356 e. The summed E-state index contributed by atoms with van der Waals surface area (Å²) < 4.78 is 5.30. The van der Waals surface area contributed by atoms with Crippen molar-refractivity contribution in [2.24, 2.45) is 0 Å². The minimum Gasteiger partial charge on any atom is -0.455 e. The fourth-order valence-corrected chi connectivity index (χ4v) is 3.05. The van der Waals surface area contributed by atoms with Gasteiger partial charge in [0.1, 0.15) is 11.3 Å². The summed E-state index contributed by atoms with van der Waals surface area (Å²) in [6.45, 7) is 5.08. The number of thioether (sulfide) groups is 1. The Morgan fingerprint density at radius 3 is 2.72 bits per heavy atom. The summed E-state index contributed by atoms with van der Waals surface area (Å²) in [5.74, 6) is 0.123. The maximum absolute atomic E-state index is 12.1. The van der Waals surface area contributed by atoms with Gasteiger partial charge in [-0.3, -0.25) is 4.79 Å². The SMILES string of the molecule is CC(C)(C)OC(=O)C1=C(CO)SCC2CC(=O)N12. The number of hydrogen-bond acceptors (Lipinski definition) is 5. The molecule has 0 bridgehead atoms. The van der Waals surface area contributed by atoms with Crippen LogP contribution in [0.2, 0.25) is 0 Å². The summed E-state index contributed by atoms with van der Waals surface area (Å²) in [7, 11) is 0. The topological polar surface area (TPSA) is 66.8 Å². The number of β-lactam (4-membered cyclic amide) rings is 1. The number of carbonyl (C=O) groups is 2. The summed E-state index contributed by atoms with van der Waals surface area (Å²) >= 11 is 1.43. The first-order chi connectivity index (χ1) is 8.33. The van der Waals surface area contributed by atoms with Gasteiger partial charge in [-0.05, 0) is 20.8 Å². The Bertz CT molecular complexity index is 424. The molecule has 2 aliphatic heterocycles. The highest BCUT2D eigenvalue weighted by molar-refractivity contribution is 8.03. The van der Waals surface area contributed by atoms with Crippen LogP contribution in [0.4, 0.5) is 0 Å². The van der Waals surface area contributed by atoms with Crippen LogP contribution in [0, 0.1) is 0 Å². The number of rotatable bonds is 2. The number of amides is 1. The molecule has 2 rings (SSSR count). The van der Waals surface area contributed by atoms with Crippen molar-refractivity contribution in [3.8, 4) is 0 Å². The second-order valence-electron chi connectivity index (χ2n) is 5.36. The van der Waals surface area contributed by atoms with Gasteiger partial charge in [-0.1, -0.05) is 0 Å². The number of aliphatic hydroxyl groups excluding tert-OH is 1. The molecule has 0 radical (unpaired) electrons. The second-order valence-corrected chi connectivity index (χ2v) is 6.48. The molecule has 5 nitrogen and oxygen atoms in total. The fourth-order valence-electron chi connectivity index (χ4n) is 1.98. The van der Waals surface area contributed by atoms with E-state index in [2.05, 4.69) is 0 Å². The highest BCUT2D eigenvalue weighted by Gasteiger charge is 2.45. The van der Waals surface area contributed by atoms with Gasteiger partial charge in [0, 0.05) is 17.1 Å². The number of aliphatic hydroxyl groups is 1. The molecular formula is C12H17NO4S. The summed E-state index contributed by atoms with van der Waals surface area (Å²) in [5.41, 5.74) is -0.388. The average molecular weight is 271 g/mol. The van der Waals surface area contributed by atoms with Crippen LogP contribution in [0.15, 0.2) is 10.6 Å². The van der Waals surface area contributed by atoms with E-state index in [0.29, 0.717) is 11.3 Å². The number of hydrogen-bond donors (Lipinski definition) is 1. The van der Waals surface area contributed by atoms with Gasteiger partial charge in [0.2, 0.25) is 5.91 Å². The van der Waals surface area contributed by atoms with E-state index in [4.69, 9.17) is 4.74 Å². The van der Waals surface area contributed by atoms with E-state index in [9.17, 15) is 14.7 Å². The van der Waals surface area contributed by atoms with E-state index in [0.717, 1.165) is 5.75 Å². The van der Waals surface area contributed by atoms with Crippen LogP contribution in [0.5, 0.6) is 0 Å². The van der Waals surface area contributed by atoms with E-state index < -0.39 is 11.6 Å². The maximum atomic E-state index is 12.1. The zero-order chi connectivity index (χ0) is 13.5. The van der Waals surface area contributed by atoms with Crippen LogP contribution in [-0.4, -0.2) is 45.9 Å². The van der Waals surface area contributed by atoms with Crippen molar-refractivity contribution in [2.45, 2.75) is 38.8 Å². The molecule has 1 unspecified atom stereocenters. The normalized spacial score (nSPS) is 23.7. The van der Waals surface area contributed by atoms with E-state index in [1.165, 1.54) is 16.7 Å². The van der Waals surface area contributed by atoms with Crippen LogP contribution < -0.4 is 0 Å². The Balaban J connectivity index is 2.27. The van der Waals surface area contributed by atoms with Gasteiger partial charge in [0.05, 0.1) is 12.6 Å². The van der Waals surface area contributed by atoms with Crippen LogP contribution in [-0.2, 0) is 14.3 Å². The lowest BCUT2D eigenvalue weighted by Gasteiger charge is -2.44. The van der Waals surface area contributed by atoms with Crippen molar-refractivity contribution in [2.75, 3.05) is 12.4 Å². The predicted molar refractivity (Wildman–Crippen MR) is 67.7 cm³/mol. The van der Waals surface area contributed by atoms with Crippen molar-refractivity contribution in [1.29, 1.82) is 0 Å². The van der Waals surface area contributed by atoms with Gasteiger partial charge in [-0.15, -0.1) is 11.8 Å². The monoisotopic (exact) mass is 271 g/mol. The van der Waals surface area contributed by atoms with Crippen molar-refractivity contribution < 1.29 is 19.4 Å². The molecule has 0 aromatic heterocycles. The summed E-state index contributed by atoms with van der Waals surface area (Å²) in [4.78, 5) is 25.7. The lowest BCUT2D eigenvalue weighted by molar-refractivity contribution is -0.158. The molecule has 0 aromatic rings. The Kier molecular flexibility index (Phi) is 3.42. The van der Waals surface area contributed by atoms with Gasteiger partial charge in [0.15, 0.2) is 0 Å². The molecule has 1 N–H and O–H groups in total. The number of esters is 1. The van der Waals surface area contributed by atoms with Crippen molar-refractivity contribution in [3.05, 3.63) is 10.6 Å². The molecule has 1 saturated heterocycles. The Morgan fingerprint density at radius 1 is 1.56 bits per heavy atom. The van der Waals surface area contributed by atoms with Crippen molar-refractivity contribution in [1.82, 2.24) is 4.90 Å². The molecule has 0 saturated carbocycles. The minimum atomic E-state index is -0.615. The van der Waals surface area contributed by atoms with E-state index in [1.807, 2.05) is 0 Å².